The van der Waals surface area contributed by atoms with Gasteiger partial charge in [-0.15, -0.1) is 0 Å². The Morgan fingerprint density at radius 1 is 1.03 bits per heavy atom. The van der Waals surface area contributed by atoms with Gasteiger partial charge in [0.1, 0.15) is 17.2 Å². The fourth-order valence-electron chi connectivity index (χ4n) is 4.04. The molecule has 0 atom stereocenters. The maximum atomic E-state index is 14.4. The Morgan fingerprint density at radius 2 is 1.80 bits per heavy atom. The molecule has 0 radical (unpaired) electrons. The zero-order valence-electron chi connectivity index (χ0n) is 16.0. The van der Waals surface area contributed by atoms with Crippen molar-refractivity contribution in [2.24, 2.45) is 5.92 Å². The number of pyridine rings is 1. The van der Waals surface area contributed by atoms with Gasteiger partial charge in [0.15, 0.2) is 11.5 Å². The van der Waals surface area contributed by atoms with Crippen LogP contribution >= 0.6 is 0 Å². The molecule has 0 unspecified atom stereocenters. The molecule has 2 aliphatic heterocycles. The summed E-state index contributed by atoms with van der Waals surface area (Å²) in [5.41, 5.74) is 1.28. The molecule has 3 heterocycles. The first-order valence-electron chi connectivity index (χ1n) is 9.78. The lowest BCUT2D eigenvalue weighted by Crippen LogP contribution is -2.38. The number of rotatable bonds is 3. The van der Waals surface area contributed by atoms with Gasteiger partial charge in [0.05, 0.1) is 11.1 Å². The lowest BCUT2D eigenvalue weighted by molar-refractivity contribution is -0.120. The van der Waals surface area contributed by atoms with E-state index in [1.165, 1.54) is 6.20 Å². The molecule has 2 aromatic carbocycles. The van der Waals surface area contributed by atoms with E-state index in [1.54, 1.807) is 24.3 Å². The summed E-state index contributed by atoms with van der Waals surface area (Å²) in [6.45, 7) is 1.31. The van der Waals surface area contributed by atoms with Crippen molar-refractivity contribution in [2.75, 3.05) is 30.1 Å². The summed E-state index contributed by atoms with van der Waals surface area (Å²) in [6, 6.07) is 9.19. The first-order chi connectivity index (χ1) is 14.6. The molecule has 2 aliphatic rings. The molecule has 30 heavy (non-hydrogen) atoms. The van der Waals surface area contributed by atoms with Crippen molar-refractivity contribution in [3.05, 3.63) is 54.2 Å². The van der Waals surface area contributed by atoms with Crippen LogP contribution in [-0.2, 0) is 4.79 Å². The minimum absolute atomic E-state index is 0.0233. The van der Waals surface area contributed by atoms with Crippen LogP contribution in [0.1, 0.15) is 12.8 Å². The number of nitrogens with zero attached hydrogens (tertiary/aromatic N) is 2. The van der Waals surface area contributed by atoms with Crippen molar-refractivity contribution in [1.29, 1.82) is 0 Å². The third-order valence-corrected chi connectivity index (χ3v) is 5.62. The highest BCUT2D eigenvalue weighted by molar-refractivity contribution is 5.94. The molecular weight excluding hydrogens is 392 g/mol. The summed E-state index contributed by atoms with van der Waals surface area (Å²) < 4.78 is 39.1. The maximum Gasteiger partial charge on any atom is 0.231 e. The van der Waals surface area contributed by atoms with Crippen molar-refractivity contribution in [3.8, 4) is 11.5 Å². The number of fused-ring (bicyclic) bond motifs is 2. The predicted molar refractivity (Wildman–Crippen MR) is 108 cm³/mol. The molecule has 1 N–H and O–H groups in total. The fraction of sp³-hybridized carbons (Fsp3) is 0.273. The first-order valence-corrected chi connectivity index (χ1v) is 9.78. The molecule has 0 spiro atoms. The Kier molecular flexibility index (Phi) is 4.61. The molecule has 1 saturated heterocycles. The number of nitrogens with one attached hydrogen (secondary N) is 1. The number of ether oxygens (including phenoxy) is 2. The third kappa shape index (κ3) is 3.28. The van der Waals surface area contributed by atoms with E-state index in [-0.39, 0.29) is 29.5 Å². The van der Waals surface area contributed by atoms with Crippen molar-refractivity contribution in [1.82, 2.24) is 4.98 Å². The van der Waals surface area contributed by atoms with Crippen LogP contribution in [0.25, 0.3) is 10.9 Å². The minimum Gasteiger partial charge on any atom is -0.454 e. The molecule has 0 bridgehead atoms. The summed E-state index contributed by atoms with van der Waals surface area (Å²) in [5.74, 6) is -0.00825. The van der Waals surface area contributed by atoms with Gasteiger partial charge in [-0.3, -0.25) is 9.78 Å². The van der Waals surface area contributed by atoms with E-state index in [9.17, 15) is 13.6 Å². The molecule has 1 amide bonds. The zero-order valence-corrected chi connectivity index (χ0v) is 16.0. The average Bonchev–Trinajstić information content (AvgIpc) is 3.24. The number of piperidine rings is 1. The number of anilines is 2. The van der Waals surface area contributed by atoms with Gasteiger partial charge in [0, 0.05) is 37.0 Å². The Morgan fingerprint density at radius 3 is 2.63 bits per heavy atom. The monoisotopic (exact) mass is 411 g/mol. The number of carbonyl (C=O) groups is 1. The summed E-state index contributed by atoms with van der Waals surface area (Å²) in [4.78, 5) is 18.7. The van der Waals surface area contributed by atoms with Gasteiger partial charge in [-0.2, -0.15) is 0 Å². The van der Waals surface area contributed by atoms with Crippen molar-refractivity contribution in [2.45, 2.75) is 12.8 Å². The Labute approximate surface area is 171 Å². The van der Waals surface area contributed by atoms with Crippen LogP contribution in [-0.4, -0.2) is 30.8 Å². The Balaban J connectivity index is 1.28. The number of hydrogen-bond donors (Lipinski definition) is 1. The van der Waals surface area contributed by atoms with Gasteiger partial charge in [-0.05, 0) is 43.2 Å². The minimum atomic E-state index is -0.550. The van der Waals surface area contributed by atoms with Gasteiger partial charge < -0.3 is 19.7 Å². The quantitative estimate of drug-likeness (QED) is 0.703. The van der Waals surface area contributed by atoms with E-state index in [0.717, 1.165) is 12.1 Å². The SMILES string of the molecule is O=C(Nc1ccc2c(c1)OCO2)C1CCN(c2ccnc3c(F)ccc(F)c23)CC1. The fourth-order valence-corrected chi connectivity index (χ4v) is 4.04. The summed E-state index contributed by atoms with van der Waals surface area (Å²) >= 11 is 0. The maximum absolute atomic E-state index is 14.4. The molecule has 154 valence electrons. The molecule has 0 saturated carbocycles. The van der Waals surface area contributed by atoms with Crippen molar-refractivity contribution in [3.63, 3.8) is 0 Å². The zero-order chi connectivity index (χ0) is 20.7. The van der Waals surface area contributed by atoms with Gasteiger partial charge >= 0.3 is 0 Å². The standard InChI is InChI=1S/C22H19F2N3O3/c23-15-2-3-16(24)21-20(15)17(5-8-25-21)27-9-6-13(7-10-27)22(28)26-14-1-4-18-19(11-14)30-12-29-18/h1-5,8,11,13H,6-7,9-10,12H2,(H,26,28). The normalized spacial score (nSPS) is 16.1. The van der Waals surface area contributed by atoms with E-state index in [0.29, 0.717) is 48.8 Å². The number of amides is 1. The second-order valence-corrected chi connectivity index (χ2v) is 7.40. The Bertz CT molecular complexity index is 1130. The summed E-state index contributed by atoms with van der Waals surface area (Å²) in [6.07, 6.45) is 2.70. The molecule has 5 rings (SSSR count). The Hall–Kier alpha value is -3.42. The molecule has 0 aliphatic carbocycles. The summed E-state index contributed by atoms with van der Waals surface area (Å²) in [5, 5.41) is 3.11. The van der Waals surface area contributed by atoms with Crippen LogP contribution in [0.2, 0.25) is 0 Å². The molecule has 8 heteroatoms. The highest BCUT2D eigenvalue weighted by Gasteiger charge is 2.27. The van der Waals surface area contributed by atoms with Gasteiger partial charge in [-0.25, -0.2) is 8.78 Å². The largest absolute Gasteiger partial charge is 0.454 e. The lowest BCUT2D eigenvalue weighted by Gasteiger charge is -2.33. The van der Waals surface area contributed by atoms with E-state index < -0.39 is 11.6 Å². The number of halogens is 2. The average molecular weight is 411 g/mol. The van der Waals surface area contributed by atoms with Crippen molar-refractivity contribution < 1.29 is 23.0 Å². The smallest absolute Gasteiger partial charge is 0.231 e. The highest BCUT2D eigenvalue weighted by Crippen LogP contribution is 2.35. The van der Waals surface area contributed by atoms with E-state index in [4.69, 9.17) is 9.47 Å². The van der Waals surface area contributed by atoms with Crippen LogP contribution in [0, 0.1) is 17.6 Å². The van der Waals surface area contributed by atoms with Crippen LogP contribution in [0.5, 0.6) is 11.5 Å². The second-order valence-electron chi connectivity index (χ2n) is 7.40. The number of benzene rings is 2. The van der Waals surface area contributed by atoms with Crippen LogP contribution in [0.15, 0.2) is 42.6 Å². The van der Waals surface area contributed by atoms with E-state index in [2.05, 4.69) is 10.3 Å². The van der Waals surface area contributed by atoms with Crippen molar-refractivity contribution >= 4 is 28.2 Å². The molecule has 1 fully saturated rings. The van der Waals surface area contributed by atoms with Crippen LogP contribution in [0.3, 0.4) is 0 Å². The lowest BCUT2D eigenvalue weighted by atomic mass is 9.95. The van der Waals surface area contributed by atoms with Crippen LogP contribution in [0.4, 0.5) is 20.2 Å². The molecule has 6 nitrogen and oxygen atoms in total. The first kappa shape index (κ1) is 18.6. The van der Waals surface area contributed by atoms with E-state index in [1.807, 2.05) is 4.90 Å². The predicted octanol–water partition coefficient (Wildman–Crippen LogP) is 4.10. The topological polar surface area (TPSA) is 63.7 Å². The van der Waals surface area contributed by atoms with Gasteiger partial charge in [0.25, 0.3) is 0 Å². The number of hydrogen-bond acceptors (Lipinski definition) is 5. The number of aromatic nitrogens is 1. The third-order valence-electron chi connectivity index (χ3n) is 5.62. The van der Waals surface area contributed by atoms with E-state index >= 15 is 0 Å². The molecule has 3 aromatic rings. The summed E-state index contributed by atoms with van der Waals surface area (Å²) in [7, 11) is 0. The van der Waals surface area contributed by atoms with Gasteiger partial charge in [0.2, 0.25) is 12.7 Å². The van der Waals surface area contributed by atoms with Crippen LogP contribution < -0.4 is 19.7 Å². The number of carbonyl (C=O) groups excluding carboxylic acids is 1. The van der Waals surface area contributed by atoms with Gasteiger partial charge in [-0.1, -0.05) is 0 Å². The highest BCUT2D eigenvalue weighted by atomic mass is 19.1. The second kappa shape index (κ2) is 7.44. The molecular formula is C22H19F2N3O3. The molecule has 1 aromatic heterocycles.